The van der Waals surface area contributed by atoms with Gasteiger partial charge in [-0.25, -0.2) is 14.9 Å². The summed E-state index contributed by atoms with van der Waals surface area (Å²) in [6.45, 7) is 3.99. The van der Waals surface area contributed by atoms with Crippen LogP contribution in [0.3, 0.4) is 0 Å². The van der Waals surface area contributed by atoms with E-state index in [1.807, 2.05) is 18.2 Å². The van der Waals surface area contributed by atoms with Gasteiger partial charge >= 0.3 is 5.97 Å². The van der Waals surface area contributed by atoms with Crippen LogP contribution in [-0.4, -0.2) is 73.8 Å². The largest absolute Gasteiger partial charge is 0.467 e. The molecule has 0 heterocycles. The van der Waals surface area contributed by atoms with Crippen LogP contribution in [0.1, 0.15) is 18.4 Å². The van der Waals surface area contributed by atoms with E-state index in [0.717, 1.165) is 5.56 Å². The van der Waals surface area contributed by atoms with E-state index in [1.54, 1.807) is 18.2 Å². The molecule has 0 saturated heterocycles. The van der Waals surface area contributed by atoms with E-state index in [9.17, 15) is 24.5 Å². The molecule has 3 atom stereocenters. The van der Waals surface area contributed by atoms with Gasteiger partial charge in [-0.15, -0.1) is 6.58 Å². The molecule has 0 spiro atoms. The third-order valence-electron chi connectivity index (χ3n) is 4.81. The number of guanidine groups is 1. The first-order chi connectivity index (χ1) is 17.2. The number of methoxy groups -OCH3 is 1. The number of hydrazone groups is 1. The lowest BCUT2D eigenvalue weighted by Crippen LogP contribution is -2.71. The third-order valence-corrected chi connectivity index (χ3v) is 4.81. The minimum Gasteiger partial charge on any atom is -0.467 e. The summed E-state index contributed by atoms with van der Waals surface area (Å²) in [6.07, 6.45) is 2.14. The van der Waals surface area contributed by atoms with Crippen LogP contribution < -0.4 is 27.4 Å². The van der Waals surface area contributed by atoms with E-state index < -0.39 is 40.9 Å². The number of esters is 1. The van der Waals surface area contributed by atoms with E-state index in [0.29, 0.717) is 6.42 Å². The number of rotatable bonds is 16. The van der Waals surface area contributed by atoms with Gasteiger partial charge in [0.05, 0.1) is 13.7 Å². The van der Waals surface area contributed by atoms with E-state index >= 15 is 0 Å². The Bertz CT molecular complexity index is 911. The highest BCUT2D eigenvalue weighted by Gasteiger charge is 2.29. The van der Waals surface area contributed by atoms with Crippen LogP contribution in [0.25, 0.3) is 0 Å². The van der Waals surface area contributed by atoms with Crippen molar-refractivity contribution in [2.24, 2.45) is 10.8 Å². The Morgan fingerprint density at radius 1 is 1.22 bits per heavy atom. The molecule has 0 radical (unpaired) electrons. The van der Waals surface area contributed by atoms with Gasteiger partial charge in [-0.05, 0) is 18.4 Å². The lowest BCUT2D eigenvalue weighted by molar-refractivity contribution is -0.485. The molecule has 3 unspecified atom stereocenters. The van der Waals surface area contributed by atoms with Crippen LogP contribution in [0.2, 0.25) is 0 Å². The molecule has 14 heteroatoms. The molecular formula is C22H34N7O7+. The molecule has 198 valence electrons. The summed E-state index contributed by atoms with van der Waals surface area (Å²) < 4.78 is 10.0. The number of nitro groups is 1. The van der Waals surface area contributed by atoms with E-state index in [4.69, 9.17) is 15.2 Å². The maximum atomic E-state index is 13.1. The first-order valence-electron chi connectivity index (χ1n) is 11.1. The Hall–Kier alpha value is -4.04. The van der Waals surface area contributed by atoms with Crippen LogP contribution in [0.15, 0.2) is 48.1 Å². The summed E-state index contributed by atoms with van der Waals surface area (Å²) in [5, 5.41) is 20.1. The van der Waals surface area contributed by atoms with Gasteiger partial charge in [0.25, 0.3) is 11.9 Å². The second-order valence-electron chi connectivity index (χ2n) is 7.65. The highest BCUT2D eigenvalue weighted by atomic mass is 16.7. The summed E-state index contributed by atoms with van der Waals surface area (Å²) in [5.74, 6) is -2.16. The average molecular weight is 509 g/mol. The summed E-state index contributed by atoms with van der Waals surface area (Å²) in [6, 6.07) is 6.24. The zero-order valence-corrected chi connectivity index (χ0v) is 20.2. The number of nitrogens with two attached hydrogens (primary N) is 1. The Kier molecular flexibility index (Phi) is 13.8. The quantitative estimate of drug-likeness (QED) is 0.0319. The normalized spacial score (nSPS) is 13.6. The van der Waals surface area contributed by atoms with Crippen molar-refractivity contribution >= 4 is 23.7 Å². The lowest BCUT2D eigenvalue weighted by atomic mass is 10.0. The van der Waals surface area contributed by atoms with Gasteiger partial charge in [0.15, 0.2) is 11.1 Å². The molecule has 2 amide bonds. The van der Waals surface area contributed by atoms with Crippen molar-refractivity contribution in [1.29, 1.82) is 0 Å². The minimum absolute atomic E-state index is 0.0399. The third kappa shape index (κ3) is 11.9. The van der Waals surface area contributed by atoms with Gasteiger partial charge in [-0.1, -0.05) is 36.4 Å². The first kappa shape index (κ1) is 30.0. The fraction of sp³-hybridized carbons (Fsp3) is 0.455. The fourth-order valence-electron chi connectivity index (χ4n) is 3.03. The number of hydrogen-bond acceptors (Lipinski definition) is 7. The summed E-state index contributed by atoms with van der Waals surface area (Å²) in [5.41, 5.74) is 9.92. The predicted molar refractivity (Wildman–Crippen MR) is 130 cm³/mol. The number of quaternary nitrogens is 1. The summed E-state index contributed by atoms with van der Waals surface area (Å²) >= 11 is 0. The number of nitrogens with one attached hydrogen (secondary N) is 3. The average Bonchev–Trinajstić information content (AvgIpc) is 2.85. The van der Waals surface area contributed by atoms with Crippen molar-refractivity contribution < 1.29 is 34.6 Å². The van der Waals surface area contributed by atoms with Crippen molar-refractivity contribution in [3.05, 3.63) is 58.7 Å². The van der Waals surface area contributed by atoms with E-state index in [1.165, 1.54) is 7.11 Å². The molecule has 36 heavy (non-hydrogen) atoms. The Balaban J connectivity index is 2.87. The Labute approximate surface area is 208 Å². The van der Waals surface area contributed by atoms with Gasteiger partial charge in [0.1, 0.15) is 23.8 Å². The number of amides is 2. The molecule has 0 aliphatic carbocycles. The van der Waals surface area contributed by atoms with Gasteiger partial charge in [0, 0.05) is 13.0 Å². The molecule has 0 bridgehead atoms. The van der Waals surface area contributed by atoms with Crippen molar-refractivity contribution in [2.75, 3.05) is 26.9 Å². The molecule has 8 N–H and O–H groups in total. The zero-order valence-electron chi connectivity index (χ0n) is 20.2. The summed E-state index contributed by atoms with van der Waals surface area (Å²) in [7, 11) is 1.18. The fourth-order valence-corrected chi connectivity index (χ4v) is 3.03. The second-order valence-corrected chi connectivity index (χ2v) is 7.65. The van der Waals surface area contributed by atoms with Crippen molar-refractivity contribution in [3.8, 4) is 0 Å². The van der Waals surface area contributed by atoms with Crippen LogP contribution in [0.4, 0.5) is 0 Å². The lowest BCUT2D eigenvalue weighted by Gasteiger charge is -2.23. The topological polar surface area (TPSA) is 215 Å². The summed E-state index contributed by atoms with van der Waals surface area (Å²) in [4.78, 5) is 48.4. The number of nitrogens with zero attached hydrogens (tertiary/aromatic N) is 2. The van der Waals surface area contributed by atoms with Gasteiger partial charge in [-0.2, -0.15) is 0 Å². The van der Waals surface area contributed by atoms with E-state index in [-0.39, 0.29) is 38.6 Å². The standard InChI is InChI=1S/C22H33N7O7/c1-3-12-36-14-16(23)19(30)27-18(13-15-8-5-4-6-9-15)20(31)26-17(21(32)35-2)10-7-11-25-22(24)28-29(33)34/h3-6,8-9,16-18H,1,7,10-14,23H2,2H3,(H,26,31)(H,27,30)(H3,24,25,28)/p+1. The second kappa shape index (κ2) is 16.6. The van der Waals surface area contributed by atoms with Crippen LogP contribution in [-0.2, 0) is 30.3 Å². The van der Waals surface area contributed by atoms with Gasteiger partial charge in [0.2, 0.25) is 5.91 Å². The molecule has 14 nitrogen and oxygen atoms in total. The van der Waals surface area contributed by atoms with Crippen LogP contribution in [0.5, 0.6) is 0 Å². The first-order valence-corrected chi connectivity index (χ1v) is 11.1. The Morgan fingerprint density at radius 3 is 2.50 bits per heavy atom. The molecule has 0 aliphatic rings. The van der Waals surface area contributed by atoms with Crippen molar-refractivity contribution in [1.82, 2.24) is 16.0 Å². The number of hydrogen-bond donors (Lipinski definition) is 5. The highest BCUT2D eigenvalue weighted by molar-refractivity contribution is 5.91. The number of ether oxygens (including phenoxy) is 2. The SMILES string of the molecule is C=CCOCC([NH3+])C(=O)NC(Cc1ccccc1)C(=O)NC(CCCN/C(N)=N/[N+](=O)[O-])C(=O)OC. The van der Waals surface area contributed by atoms with Gasteiger partial charge in [-0.3, -0.25) is 9.59 Å². The smallest absolute Gasteiger partial charge is 0.328 e. The van der Waals surface area contributed by atoms with E-state index in [2.05, 4.69) is 33.4 Å². The molecule has 1 rings (SSSR count). The number of benzene rings is 1. The number of carbonyl (C=O) groups is 3. The van der Waals surface area contributed by atoms with Crippen LogP contribution in [0, 0.1) is 10.1 Å². The monoisotopic (exact) mass is 508 g/mol. The van der Waals surface area contributed by atoms with Gasteiger partial charge < -0.3 is 36.9 Å². The van der Waals surface area contributed by atoms with Crippen molar-refractivity contribution in [3.63, 3.8) is 0 Å². The zero-order chi connectivity index (χ0) is 26.9. The molecule has 0 aromatic heterocycles. The molecule has 0 fully saturated rings. The molecule has 0 saturated carbocycles. The molecule has 0 aliphatic heterocycles. The molecular weight excluding hydrogens is 474 g/mol. The molecule has 1 aromatic carbocycles. The maximum Gasteiger partial charge on any atom is 0.328 e. The number of carbonyl (C=O) groups excluding carboxylic acids is 3. The van der Waals surface area contributed by atoms with Crippen LogP contribution >= 0.6 is 0 Å². The maximum absolute atomic E-state index is 13.1. The van der Waals surface area contributed by atoms with Crippen molar-refractivity contribution in [2.45, 2.75) is 37.4 Å². The minimum atomic E-state index is -1.03. The Morgan fingerprint density at radius 2 is 1.89 bits per heavy atom. The highest BCUT2D eigenvalue weighted by Crippen LogP contribution is 2.06. The molecule has 1 aromatic rings. The predicted octanol–water partition coefficient (Wildman–Crippen LogP) is -1.94.